The Kier molecular flexibility index (Phi) is 19.9. The summed E-state index contributed by atoms with van der Waals surface area (Å²) >= 11 is 0. The summed E-state index contributed by atoms with van der Waals surface area (Å²) in [7, 11) is 1.44. The number of unbranched alkanes of at least 4 members (excludes halogenated alkanes) is 12. The van der Waals surface area contributed by atoms with Gasteiger partial charge >= 0.3 is 0 Å². The van der Waals surface area contributed by atoms with Crippen LogP contribution in [0.15, 0.2) is 30.4 Å². The van der Waals surface area contributed by atoms with E-state index in [2.05, 4.69) is 19.1 Å². The number of halogens is 1. The van der Waals surface area contributed by atoms with Crippen LogP contribution >= 0.6 is 0 Å². The highest BCUT2D eigenvalue weighted by molar-refractivity contribution is 5.28. The standard InChI is InChI=1S/C29H49FO4/c1-3-4-5-6-7-8-9-10-11-12-13-14-15-16-17-18-21-33-25-27(23-31)34-24-26-19-20-29(32-2)28(30)22-26/h10-11,19-20,22,27,31H,3-9,12-18,21,23-25H2,1-2H3/b11-10-/t27-/m0/s1. The molecule has 0 bridgehead atoms. The van der Waals surface area contributed by atoms with Crippen LogP contribution in [-0.4, -0.2) is 38.1 Å². The van der Waals surface area contributed by atoms with Crippen LogP contribution in [0.1, 0.15) is 102 Å². The first-order chi connectivity index (χ1) is 16.7. The molecule has 1 atom stereocenters. The molecular formula is C29H49FO4. The van der Waals surface area contributed by atoms with Gasteiger partial charge < -0.3 is 19.3 Å². The highest BCUT2D eigenvalue weighted by Crippen LogP contribution is 2.18. The van der Waals surface area contributed by atoms with Crippen LogP contribution in [0, 0.1) is 5.82 Å². The monoisotopic (exact) mass is 480 g/mol. The fourth-order valence-electron chi connectivity index (χ4n) is 3.83. The molecule has 1 rings (SSSR count). The number of benzene rings is 1. The van der Waals surface area contributed by atoms with E-state index in [1.807, 2.05) is 0 Å². The predicted octanol–water partition coefficient (Wildman–Crippen LogP) is 7.77. The maximum absolute atomic E-state index is 13.7. The van der Waals surface area contributed by atoms with Gasteiger partial charge in [-0.3, -0.25) is 0 Å². The van der Waals surface area contributed by atoms with Crippen molar-refractivity contribution in [1.29, 1.82) is 0 Å². The summed E-state index contributed by atoms with van der Waals surface area (Å²) in [5, 5.41) is 9.48. The molecule has 0 unspecified atom stereocenters. The second kappa shape index (κ2) is 22.1. The summed E-state index contributed by atoms with van der Waals surface area (Å²) in [5.41, 5.74) is 0.699. The molecule has 1 aromatic carbocycles. The van der Waals surface area contributed by atoms with Crippen molar-refractivity contribution in [3.8, 4) is 5.75 Å². The lowest BCUT2D eigenvalue weighted by atomic mass is 10.1. The highest BCUT2D eigenvalue weighted by Gasteiger charge is 2.10. The van der Waals surface area contributed by atoms with Gasteiger partial charge in [-0.1, -0.05) is 82.9 Å². The van der Waals surface area contributed by atoms with Crippen molar-refractivity contribution in [2.24, 2.45) is 0 Å². The molecule has 0 aromatic heterocycles. The summed E-state index contributed by atoms with van der Waals surface area (Å²) in [6.45, 7) is 3.40. The van der Waals surface area contributed by atoms with E-state index in [4.69, 9.17) is 14.2 Å². The zero-order valence-electron chi connectivity index (χ0n) is 21.7. The zero-order valence-corrected chi connectivity index (χ0v) is 21.7. The van der Waals surface area contributed by atoms with E-state index in [0.29, 0.717) is 18.8 Å². The van der Waals surface area contributed by atoms with Gasteiger partial charge in [-0.2, -0.15) is 0 Å². The average molecular weight is 481 g/mol. The van der Waals surface area contributed by atoms with Crippen LogP contribution in [0.3, 0.4) is 0 Å². The molecule has 0 aliphatic heterocycles. The van der Waals surface area contributed by atoms with Gasteiger partial charge in [0.2, 0.25) is 0 Å². The van der Waals surface area contributed by atoms with Crippen molar-refractivity contribution in [1.82, 2.24) is 0 Å². The van der Waals surface area contributed by atoms with Crippen molar-refractivity contribution >= 4 is 0 Å². The van der Waals surface area contributed by atoms with E-state index in [9.17, 15) is 9.50 Å². The van der Waals surface area contributed by atoms with Gasteiger partial charge in [0.05, 0.1) is 26.9 Å². The minimum Gasteiger partial charge on any atom is -0.494 e. The average Bonchev–Trinajstić information content (AvgIpc) is 2.85. The molecule has 5 heteroatoms. The first kappa shape index (κ1) is 30.6. The van der Waals surface area contributed by atoms with Gasteiger partial charge in [-0.05, 0) is 49.8 Å². The molecule has 34 heavy (non-hydrogen) atoms. The van der Waals surface area contributed by atoms with Crippen molar-refractivity contribution in [2.75, 3.05) is 26.9 Å². The predicted molar refractivity (Wildman–Crippen MR) is 139 cm³/mol. The Morgan fingerprint density at radius 2 is 1.50 bits per heavy atom. The fourth-order valence-corrected chi connectivity index (χ4v) is 3.83. The molecule has 0 spiro atoms. The summed E-state index contributed by atoms with van der Waals surface area (Å²) in [5.74, 6) is -0.207. The van der Waals surface area contributed by atoms with Crippen molar-refractivity contribution in [3.05, 3.63) is 41.7 Å². The lowest BCUT2D eigenvalue weighted by molar-refractivity contribution is -0.0503. The maximum atomic E-state index is 13.7. The maximum Gasteiger partial charge on any atom is 0.165 e. The Bertz CT molecular complexity index is 620. The second-order valence-electron chi connectivity index (χ2n) is 9.10. The van der Waals surface area contributed by atoms with Crippen LogP contribution in [0.4, 0.5) is 4.39 Å². The van der Waals surface area contributed by atoms with E-state index >= 15 is 0 Å². The molecule has 0 aliphatic carbocycles. The number of methoxy groups -OCH3 is 1. The van der Waals surface area contributed by atoms with Crippen molar-refractivity contribution in [3.63, 3.8) is 0 Å². The summed E-state index contributed by atoms with van der Waals surface area (Å²) in [6, 6.07) is 4.72. The number of rotatable bonds is 23. The SMILES string of the molecule is CCCCCCCC/C=C\CCCCCCCCOC[C@H](CO)OCc1ccc(OC)c(F)c1. The third-order valence-corrected chi connectivity index (χ3v) is 6.01. The van der Waals surface area contributed by atoms with Crippen molar-refractivity contribution in [2.45, 2.75) is 110 Å². The number of aliphatic hydroxyl groups is 1. The van der Waals surface area contributed by atoms with E-state index in [-0.39, 0.29) is 19.0 Å². The zero-order chi connectivity index (χ0) is 24.7. The van der Waals surface area contributed by atoms with Crippen LogP contribution in [0.2, 0.25) is 0 Å². The van der Waals surface area contributed by atoms with Gasteiger partial charge in [0.25, 0.3) is 0 Å². The minimum absolute atomic E-state index is 0.119. The molecule has 4 nitrogen and oxygen atoms in total. The van der Waals surface area contributed by atoms with E-state index < -0.39 is 11.9 Å². The van der Waals surface area contributed by atoms with Crippen LogP contribution < -0.4 is 4.74 Å². The smallest absolute Gasteiger partial charge is 0.165 e. The molecule has 1 aromatic rings. The number of hydrogen-bond acceptors (Lipinski definition) is 4. The molecule has 196 valence electrons. The number of allylic oxidation sites excluding steroid dienone is 2. The Labute approximate surface area is 207 Å². The van der Waals surface area contributed by atoms with E-state index in [1.54, 1.807) is 12.1 Å². The molecule has 1 N–H and O–H groups in total. The number of ether oxygens (including phenoxy) is 3. The van der Waals surface area contributed by atoms with Crippen molar-refractivity contribution < 1.29 is 23.7 Å². The Balaban J connectivity index is 1.91. The highest BCUT2D eigenvalue weighted by atomic mass is 19.1. The molecule has 0 amide bonds. The van der Waals surface area contributed by atoms with Crippen LogP contribution in [0.5, 0.6) is 5.75 Å². The van der Waals surface area contributed by atoms with Crippen LogP contribution in [0.25, 0.3) is 0 Å². The number of hydrogen-bond donors (Lipinski definition) is 1. The normalized spacial score (nSPS) is 12.5. The van der Waals surface area contributed by atoms with E-state index in [1.165, 1.54) is 96.6 Å². The second-order valence-corrected chi connectivity index (χ2v) is 9.10. The summed E-state index contributed by atoms with van der Waals surface area (Å²) in [6.07, 6.45) is 22.3. The lowest BCUT2D eigenvalue weighted by Gasteiger charge is -2.16. The summed E-state index contributed by atoms with van der Waals surface area (Å²) < 4.78 is 30.0. The molecule has 0 fully saturated rings. The van der Waals surface area contributed by atoms with Crippen LogP contribution in [-0.2, 0) is 16.1 Å². The van der Waals surface area contributed by atoms with Gasteiger partial charge in [0.15, 0.2) is 11.6 Å². The molecule has 0 radical (unpaired) electrons. The Hall–Kier alpha value is -1.43. The molecular weight excluding hydrogens is 431 g/mol. The molecule has 0 saturated heterocycles. The lowest BCUT2D eigenvalue weighted by Crippen LogP contribution is -2.24. The van der Waals surface area contributed by atoms with Gasteiger partial charge in [0, 0.05) is 6.61 Å². The van der Waals surface area contributed by atoms with Gasteiger partial charge in [-0.15, -0.1) is 0 Å². The third kappa shape index (κ3) is 16.2. The third-order valence-electron chi connectivity index (χ3n) is 6.01. The first-order valence-electron chi connectivity index (χ1n) is 13.5. The summed E-state index contributed by atoms with van der Waals surface area (Å²) in [4.78, 5) is 0. The Morgan fingerprint density at radius 1 is 0.882 bits per heavy atom. The largest absolute Gasteiger partial charge is 0.494 e. The first-order valence-corrected chi connectivity index (χ1v) is 13.5. The molecule has 0 aliphatic rings. The van der Waals surface area contributed by atoms with Gasteiger partial charge in [-0.25, -0.2) is 4.39 Å². The van der Waals surface area contributed by atoms with Gasteiger partial charge in [0.1, 0.15) is 6.10 Å². The molecule has 0 heterocycles. The topological polar surface area (TPSA) is 47.9 Å². The molecule has 0 saturated carbocycles. The number of aliphatic hydroxyl groups excluding tert-OH is 1. The quantitative estimate of drug-likeness (QED) is 0.128. The Morgan fingerprint density at radius 3 is 2.09 bits per heavy atom. The minimum atomic E-state index is -0.416. The fraction of sp³-hybridized carbons (Fsp3) is 0.724. The van der Waals surface area contributed by atoms with E-state index in [0.717, 1.165) is 6.42 Å².